The van der Waals surface area contributed by atoms with E-state index in [4.69, 9.17) is 9.47 Å². The van der Waals surface area contributed by atoms with Crippen LogP contribution in [0.5, 0.6) is 5.75 Å². The molecule has 172 valence electrons. The van der Waals surface area contributed by atoms with Gasteiger partial charge < -0.3 is 24.6 Å². The topological polar surface area (TPSA) is 71.1 Å². The molecule has 2 amide bonds. The van der Waals surface area contributed by atoms with Gasteiger partial charge in [-0.1, -0.05) is 30.3 Å². The van der Waals surface area contributed by atoms with E-state index in [1.807, 2.05) is 59.5 Å². The minimum atomic E-state index is -0.275. The van der Waals surface area contributed by atoms with Crippen molar-refractivity contribution in [2.75, 3.05) is 37.7 Å². The summed E-state index contributed by atoms with van der Waals surface area (Å²) in [5, 5.41) is 3.44. The standard InChI is InChI=1S/C24H29N3O4.ClH/c28-23-7-4-14-27(23)21-8-10-22(11-9-21)30-16-12-20-17-26(15-13-25-20)24(29)31-18-19-5-2-1-3-6-19;/h1-3,5-6,8-11,20,25H,4,7,12-18H2;1H/t20-;/m1./s1. The third-order valence-corrected chi connectivity index (χ3v) is 5.68. The van der Waals surface area contributed by atoms with Crippen molar-refractivity contribution in [2.24, 2.45) is 0 Å². The number of nitrogens with one attached hydrogen (secondary N) is 1. The summed E-state index contributed by atoms with van der Waals surface area (Å²) in [5.74, 6) is 0.967. The number of hydrogen-bond donors (Lipinski definition) is 1. The van der Waals surface area contributed by atoms with Crippen LogP contribution in [0, 0.1) is 0 Å². The van der Waals surface area contributed by atoms with Gasteiger partial charge in [0, 0.05) is 44.3 Å². The van der Waals surface area contributed by atoms with Crippen molar-refractivity contribution in [1.82, 2.24) is 10.2 Å². The van der Waals surface area contributed by atoms with Gasteiger partial charge in [-0.3, -0.25) is 4.79 Å². The van der Waals surface area contributed by atoms with Crippen molar-refractivity contribution in [1.29, 1.82) is 0 Å². The maximum Gasteiger partial charge on any atom is 0.410 e. The van der Waals surface area contributed by atoms with Gasteiger partial charge in [-0.2, -0.15) is 0 Å². The molecule has 0 unspecified atom stereocenters. The molecule has 7 nitrogen and oxygen atoms in total. The number of anilines is 1. The Bertz CT molecular complexity index is 879. The Morgan fingerprint density at radius 3 is 2.56 bits per heavy atom. The number of rotatable bonds is 7. The summed E-state index contributed by atoms with van der Waals surface area (Å²) in [5.41, 5.74) is 1.91. The molecule has 4 rings (SSSR count). The normalized spacial score (nSPS) is 18.2. The number of amides is 2. The highest BCUT2D eigenvalue weighted by Crippen LogP contribution is 2.24. The Morgan fingerprint density at radius 1 is 1.06 bits per heavy atom. The van der Waals surface area contributed by atoms with Gasteiger partial charge in [-0.25, -0.2) is 4.79 Å². The molecule has 0 radical (unpaired) electrons. The van der Waals surface area contributed by atoms with Crippen LogP contribution >= 0.6 is 12.4 Å². The molecule has 0 bridgehead atoms. The lowest BCUT2D eigenvalue weighted by atomic mass is 10.1. The smallest absolute Gasteiger partial charge is 0.410 e. The fourth-order valence-corrected chi connectivity index (χ4v) is 3.96. The van der Waals surface area contributed by atoms with Crippen LogP contribution in [0.15, 0.2) is 54.6 Å². The number of benzene rings is 2. The summed E-state index contributed by atoms with van der Waals surface area (Å²) >= 11 is 0. The van der Waals surface area contributed by atoms with E-state index in [1.165, 1.54) is 0 Å². The molecule has 2 saturated heterocycles. The van der Waals surface area contributed by atoms with E-state index in [1.54, 1.807) is 4.90 Å². The number of nitrogens with zero attached hydrogens (tertiary/aromatic N) is 2. The summed E-state index contributed by atoms with van der Waals surface area (Å²) in [7, 11) is 0. The van der Waals surface area contributed by atoms with Gasteiger partial charge >= 0.3 is 6.09 Å². The minimum absolute atomic E-state index is 0. The van der Waals surface area contributed by atoms with Gasteiger partial charge in [0.05, 0.1) is 6.61 Å². The number of carbonyl (C=O) groups excluding carboxylic acids is 2. The summed E-state index contributed by atoms with van der Waals surface area (Å²) in [4.78, 5) is 27.8. The molecule has 2 aliphatic heterocycles. The van der Waals surface area contributed by atoms with Crippen LogP contribution < -0.4 is 15.0 Å². The molecule has 1 N–H and O–H groups in total. The van der Waals surface area contributed by atoms with Crippen LogP contribution in [0.25, 0.3) is 0 Å². The zero-order chi connectivity index (χ0) is 21.5. The Kier molecular flexibility index (Phi) is 8.76. The molecule has 32 heavy (non-hydrogen) atoms. The highest BCUT2D eigenvalue weighted by Gasteiger charge is 2.24. The molecule has 2 heterocycles. The first kappa shape index (κ1) is 23.9. The molecule has 2 aromatic rings. The second-order valence-corrected chi connectivity index (χ2v) is 7.92. The second kappa shape index (κ2) is 11.7. The first-order valence-corrected chi connectivity index (χ1v) is 10.9. The van der Waals surface area contributed by atoms with E-state index < -0.39 is 0 Å². The predicted molar refractivity (Wildman–Crippen MR) is 125 cm³/mol. The molecular formula is C24H30ClN3O4. The Hall–Kier alpha value is -2.77. The lowest BCUT2D eigenvalue weighted by Crippen LogP contribution is -2.53. The van der Waals surface area contributed by atoms with Crippen molar-refractivity contribution in [3.05, 3.63) is 60.2 Å². The van der Waals surface area contributed by atoms with Gasteiger partial charge in [0.2, 0.25) is 5.91 Å². The van der Waals surface area contributed by atoms with E-state index >= 15 is 0 Å². The highest BCUT2D eigenvalue weighted by molar-refractivity contribution is 5.95. The third kappa shape index (κ3) is 6.37. The summed E-state index contributed by atoms with van der Waals surface area (Å²) in [6, 6.07) is 17.5. The second-order valence-electron chi connectivity index (χ2n) is 7.92. The van der Waals surface area contributed by atoms with Crippen LogP contribution in [-0.2, 0) is 16.1 Å². The first-order valence-electron chi connectivity index (χ1n) is 10.9. The lowest BCUT2D eigenvalue weighted by Gasteiger charge is -2.33. The molecule has 2 fully saturated rings. The fourth-order valence-electron chi connectivity index (χ4n) is 3.96. The predicted octanol–water partition coefficient (Wildman–Crippen LogP) is 3.61. The maximum absolute atomic E-state index is 12.4. The quantitative estimate of drug-likeness (QED) is 0.684. The van der Waals surface area contributed by atoms with Crippen molar-refractivity contribution in [3.63, 3.8) is 0 Å². The van der Waals surface area contributed by atoms with Crippen LogP contribution in [0.3, 0.4) is 0 Å². The monoisotopic (exact) mass is 459 g/mol. The van der Waals surface area contributed by atoms with Crippen LogP contribution in [0.4, 0.5) is 10.5 Å². The van der Waals surface area contributed by atoms with Gasteiger partial charge in [0.15, 0.2) is 0 Å². The van der Waals surface area contributed by atoms with Crippen LogP contribution in [0.1, 0.15) is 24.8 Å². The number of ether oxygens (including phenoxy) is 2. The van der Waals surface area contributed by atoms with E-state index in [2.05, 4.69) is 5.32 Å². The Balaban J connectivity index is 0.00000289. The molecule has 2 aliphatic rings. The third-order valence-electron chi connectivity index (χ3n) is 5.68. The lowest BCUT2D eigenvalue weighted by molar-refractivity contribution is -0.117. The van der Waals surface area contributed by atoms with E-state index in [0.717, 1.165) is 42.9 Å². The number of halogens is 1. The first-order chi connectivity index (χ1) is 15.2. The number of carbonyl (C=O) groups is 2. The van der Waals surface area contributed by atoms with Gasteiger partial charge in [-0.15, -0.1) is 12.4 Å². The summed E-state index contributed by atoms with van der Waals surface area (Å²) in [6.07, 6.45) is 2.06. The fraction of sp³-hybridized carbons (Fsp3) is 0.417. The largest absolute Gasteiger partial charge is 0.494 e. The maximum atomic E-state index is 12.4. The average molecular weight is 460 g/mol. The van der Waals surface area contributed by atoms with E-state index in [0.29, 0.717) is 26.1 Å². The minimum Gasteiger partial charge on any atom is -0.494 e. The van der Waals surface area contributed by atoms with Crippen molar-refractivity contribution in [2.45, 2.75) is 31.9 Å². The number of piperazine rings is 1. The highest BCUT2D eigenvalue weighted by atomic mass is 35.5. The van der Waals surface area contributed by atoms with Crippen molar-refractivity contribution >= 4 is 30.1 Å². The summed E-state index contributed by atoms with van der Waals surface area (Å²) in [6.45, 7) is 3.61. The van der Waals surface area contributed by atoms with Crippen LogP contribution in [0.2, 0.25) is 0 Å². The molecule has 0 saturated carbocycles. The molecular weight excluding hydrogens is 430 g/mol. The van der Waals surface area contributed by atoms with E-state index in [-0.39, 0.29) is 37.1 Å². The zero-order valence-electron chi connectivity index (χ0n) is 18.1. The Labute approximate surface area is 195 Å². The molecule has 0 aliphatic carbocycles. The van der Waals surface area contributed by atoms with Gasteiger partial charge in [-0.05, 0) is 42.7 Å². The van der Waals surface area contributed by atoms with Gasteiger partial charge in [0.25, 0.3) is 0 Å². The average Bonchev–Trinajstić information content (AvgIpc) is 3.24. The van der Waals surface area contributed by atoms with E-state index in [9.17, 15) is 9.59 Å². The molecule has 0 spiro atoms. The van der Waals surface area contributed by atoms with Crippen LogP contribution in [-0.4, -0.2) is 55.7 Å². The molecule has 2 aromatic carbocycles. The SMILES string of the molecule is Cl.O=C(OCc1ccccc1)N1CCN[C@H](CCOc2ccc(N3CCCC3=O)cc2)C1. The van der Waals surface area contributed by atoms with Crippen molar-refractivity contribution < 1.29 is 19.1 Å². The zero-order valence-corrected chi connectivity index (χ0v) is 18.9. The molecule has 1 atom stereocenters. The number of hydrogen-bond acceptors (Lipinski definition) is 5. The van der Waals surface area contributed by atoms with Gasteiger partial charge in [0.1, 0.15) is 12.4 Å². The van der Waals surface area contributed by atoms with Crippen molar-refractivity contribution in [3.8, 4) is 5.75 Å². The summed E-state index contributed by atoms with van der Waals surface area (Å²) < 4.78 is 11.3. The Morgan fingerprint density at radius 2 is 1.84 bits per heavy atom. The molecule has 0 aromatic heterocycles. The molecule has 8 heteroatoms.